The molecule has 3 rings (SSSR count). The summed E-state index contributed by atoms with van der Waals surface area (Å²) in [6, 6.07) is 8.32. The number of benzene rings is 1. The fourth-order valence-corrected chi connectivity index (χ4v) is 3.31. The predicted molar refractivity (Wildman–Crippen MR) is 89.9 cm³/mol. The van der Waals surface area contributed by atoms with Crippen LogP contribution in [-0.2, 0) is 13.5 Å². The van der Waals surface area contributed by atoms with Crippen molar-refractivity contribution in [1.82, 2.24) is 20.0 Å². The quantitative estimate of drug-likeness (QED) is 0.937. The molecule has 0 radical (unpaired) electrons. The van der Waals surface area contributed by atoms with Gasteiger partial charge in [-0.1, -0.05) is 25.1 Å². The van der Waals surface area contributed by atoms with Gasteiger partial charge in [0.15, 0.2) is 0 Å². The van der Waals surface area contributed by atoms with E-state index >= 15 is 0 Å². The maximum atomic E-state index is 14.1. The number of halogens is 1. The van der Waals surface area contributed by atoms with Gasteiger partial charge in [0.25, 0.3) is 0 Å². The molecule has 1 aliphatic rings. The van der Waals surface area contributed by atoms with Gasteiger partial charge in [0.1, 0.15) is 5.82 Å². The fraction of sp³-hybridized carbons (Fsp3) is 0.444. The highest BCUT2D eigenvalue weighted by atomic mass is 19.1. The number of nitrogens with one attached hydrogen (secondary N) is 1. The zero-order chi connectivity index (χ0) is 17.1. The zero-order valence-corrected chi connectivity index (χ0v) is 14.1. The maximum Gasteiger partial charge on any atom is 0.317 e. The summed E-state index contributed by atoms with van der Waals surface area (Å²) in [5.74, 6) is 0.110. The summed E-state index contributed by atoms with van der Waals surface area (Å²) >= 11 is 0. The van der Waals surface area contributed by atoms with Crippen LogP contribution in [0.1, 0.15) is 30.6 Å². The molecule has 0 aliphatic carbocycles. The van der Waals surface area contributed by atoms with Crippen LogP contribution in [0.15, 0.2) is 36.5 Å². The van der Waals surface area contributed by atoms with Crippen molar-refractivity contribution in [2.24, 2.45) is 13.0 Å². The van der Waals surface area contributed by atoms with E-state index in [4.69, 9.17) is 0 Å². The van der Waals surface area contributed by atoms with Crippen molar-refractivity contribution in [2.75, 3.05) is 13.1 Å². The summed E-state index contributed by atoms with van der Waals surface area (Å²) in [4.78, 5) is 14.3. The second-order valence-corrected chi connectivity index (χ2v) is 6.49. The van der Waals surface area contributed by atoms with Crippen LogP contribution in [0.5, 0.6) is 0 Å². The van der Waals surface area contributed by atoms with Gasteiger partial charge < -0.3 is 10.2 Å². The molecule has 2 aromatic rings. The number of hydrogen-bond acceptors (Lipinski definition) is 2. The number of hydrogen-bond donors (Lipinski definition) is 1. The van der Waals surface area contributed by atoms with Crippen molar-refractivity contribution in [3.05, 3.63) is 53.6 Å². The normalized spacial score (nSPS) is 20.4. The van der Waals surface area contributed by atoms with E-state index in [2.05, 4.69) is 17.3 Å². The highest BCUT2D eigenvalue weighted by Gasteiger charge is 2.35. The molecule has 5 nitrogen and oxygen atoms in total. The average molecular weight is 330 g/mol. The molecule has 1 N–H and O–H groups in total. The van der Waals surface area contributed by atoms with Gasteiger partial charge in [-0.25, -0.2) is 9.18 Å². The standard InChI is InChI=1S/C18H23FN4O/c1-13-11-17(15-5-3-4-6-16(15)19)23(12-13)18(24)20-9-7-14-8-10-22(2)21-14/h3-6,8,10,13,17H,7,9,11-12H2,1-2H3,(H,20,24). The number of amides is 2. The summed E-state index contributed by atoms with van der Waals surface area (Å²) in [6.45, 7) is 3.26. The lowest BCUT2D eigenvalue weighted by Gasteiger charge is -2.25. The number of aromatic nitrogens is 2. The Morgan fingerprint density at radius 3 is 2.88 bits per heavy atom. The van der Waals surface area contributed by atoms with E-state index in [0.29, 0.717) is 31.0 Å². The molecule has 2 unspecified atom stereocenters. The summed E-state index contributed by atoms with van der Waals surface area (Å²) in [6.07, 6.45) is 3.35. The van der Waals surface area contributed by atoms with Crippen LogP contribution in [0, 0.1) is 11.7 Å². The predicted octanol–water partition coefficient (Wildman–Crippen LogP) is 2.89. The monoisotopic (exact) mass is 330 g/mol. The molecule has 1 aliphatic heterocycles. The summed E-state index contributed by atoms with van der Waals surface area (Å²) in [5, 5.41) is 7.23. The highest BCUT2D eigenvalue weighted by Crippen LogP contribution is 2.36. The minimum absolute atomic E-state index is 0.136. The Labute approximate surface area is 141 Å². The molecule has 1 fully saturated rings. The first kappa shape index (κ1) is 16.5. The van der Waals surface area contributed by atoms with E-state index in [0.717, 1.165) is 12.1 Å². The van der Waals surface area contributed by atoms with Crippen LogP contribution >= 0.6 is 0 Å². The largest absolute Gasteiger partial charge is 0.338 e. The van der Waals surface area contributed by atoms with Crippen LogP contribution in [0.25, 0.3) is 0 Å². The van der Waals surface area contributed by atoms with Gasteiger partial charge in [-0.05, 0) is 24.5 Å². The first-order chi connectivity index (χ1) is 11.5. The van der Waals surface area contributed by atoms with E-state index in [1.165, 1.54) is 6.07 Å². The molecule has 128 valence electrons. The lowest BCUT2D eigenvalue weighted by atomic mass is 10.0. The fourth-order valence-electron chi connectivity index (χ4n) is 3.31. The van der Waals surface area contributed by atoms with Crippen molar-refractivity contribution in [1.29, 1.82) is 0 Å². The molecule has 1 saturated heterocycles. The molecular formula is C18H23FN4O. The Kier molecular flexibility index (Phi) is 4.83. The van der Waals surface area contributed by atoms with Crippen molar-refractivity contribution in [3.8, 4) is 0 Å². The molecule has 1 aromatic carbocycles. The molecule has 0 saturated carbocycles. The number of carbonyl (C=O) groups excluding carboxylic acids is 1. The Hall–Kier alpha value is -2.37. The second kappa shape index (κ2) is 7.03. The number of aryl methyl sites for hydroxylation is 1. The van der Waals surface area contributed by atoms with E-state index in [9.17, 15) is 9.18 Å². The zero-order valence-electron chi connectivity index (χ0n) is 14.1. The molecular weight excluding hydrogens is 307 g/mol. The number of carbonyl (C=O) groups is 1. The first-order valence-corrected chi connectivity index (χ1v) is 8.32. The summed E-state index contributed by atoms with van der Waals surface area (Å²) in [7, 11) is 1.87. The van der Waals surface area contributed by atoms with Gasteiger partial charge in [-0.3, -0.25) is 4.68 Å². The van der Waals surface area contributed by atoms with Gasteiger partial charge >= 0.3 is 6.03 Å². The molecule has 24 heavy (non-hydrogen) atoms. The van der Waals surface area contributed by atoms with Crippen molar-refractivity contribution in [2.45, 2.75) is 25.8 Å². The molecule has 2 amide bonds. The topological polar surface area (TPSA) is 50.2 Å². The summed E-state index contributed by atoms with van der Waals surface area (Å²) < 4.78 is 15.9. The minimum Gasteiger partial charge on any atom is -0.338 e. The molecule has 1 aromatic heterocycles. The number of nitrogens with zero attached hydrogens (tertiary/aromatic N) is 3. The molecule has 0 spiro atoms. The molecule has 0 bridgehead atoms. The Morgan fingerprint density at radius 1 is 1.38 bits per heavy atom. The van der Waals surface area contributed by atoms with Crippen molar-refractivity contribution < 1.29 is 9.18 Å². The Morgan fingerprint density at radius 2 is 2.17 bits per heavy atom. The third kappa shape index (κ3) is 3.58. The maximum absolute atomic E-state index is 14.1. The van der Waals surface area contributed by atoms with Gasteiger partial charge in [-0.15, -0.1) is 0 Å². The van der Waals surface area contributed by atoms with Crippen molar-refractivity contribution in [3.63, 3.8) is 0 Å². The van der Waals surface area contributed by atoms with E-state index in [1.54, 1.807) is 21.7 Å². The lowest BCUT2D eigenvalue weighted by molar-refractivity contribution is 0.191. The molecule has 2 heterocycles. The third-order valence-electron chi connectivity index (χ3n) is 4.46. The molecule has 2 atom stereocenters. The van der Waals surface area contributed by atoms with Gasteiger partial charge in [0.2, 0.25) is 0 Å². The highest BCUT2D eigenvalue weighted by molar-refractivity contribution is 5.75. The van der Waals surface area contributed by atoms with Gasteiger partial charge in [0.05, 0.1) is 11.7 Å². The van der Waals surface area contributed by atoms with Crippen LogP contribution in [0.3, 0.4) is 0 Å². The smallest absolute Gasteiger partial charge is 0.317 e. The first-order valence-electron chi connectivity index (χ1n) is 8.32. The Balaban J connectivity index is 1.63. The summed E-state index contributed by atoms with van der Waals surface area (Å²) in [5.41, 5.74) is 1.54. The molecule has 6 heteroatoms. The van der Waals surface area contributed by atoms with Crippen LogP contribution in [0.4, 0.5) is 9.18 Å². The van der Waals surface area contributed by atoms with Crippen LogP contribution in [0.2, 0.25) is 0 Å². The van der Waals surface area contributed by atoms with Crippen LogP contribution < -0.4 is 5.32 Å². The second-order valence-electron chi connectivity index (χ2n) is 6.49. The lowest BCUT2D eigenvalue weighted by Crippen LogP contribution is -2.40. The minimum atomic E-state index is -0.247. The third-order valence-corrected chi connectivity index (χ3v) is 4.46. The van der Waals surface area contributed by atoms with Gasteiger partial charge in [0, 0.05) is 38.3 Å². The number of urea groups is 1. The van der Waals surface area contributed by atoms with E-state index in [-0.39, 0.29) is 17.9 Å². The number of likely N-dealkylation sites (tertiary alicyclic amines) is 1. The van der Waals surface area contributed by atoms with Crippen LogP contribution in [-0.4, -0.2) is 33.8 Å². The SMILES string of the molecule is CC1CC(c2ccccc2F)N(C(=O)NCCc2ccn(C)n2)C1. The number of rotatable bonds is 4. The Bertz CT molecular complexity index is 715. The van der Waals surface area contributed by atoms with E-state index in [1.807, 2.05) is 25.4 Å². The van der Waals surface area contributed by atoms with Gasteiger partial charge in [-0.2, -0.15) is 5.10 Å². The van der Waals surface area contributed by atoms with Crippen molar-refractivity contribution >= 4 is 6.03 Å². The average Bonchev–Trinajstić information content (AvgIpc) is 3.13. The van der Waals surface area contributed by atoms with E-state index < -0.39 is 0 Å².